The van der Waals surface area contributed by atoms with Crippen molar-refractivity contribution >= 4 is 34.9 Å². The van der Waals surface area contributed by atoms with Gasteiger partial charge >= 0.3 is 17.6 Å². The Labute approximate surface area is 187 Å². The van der Waals surface area contributed by atoms with Crippen LogP contribution in [0, 0.1) is 0 Å². The summed E-state index contributed by atoms with van der Waals surface area (Å²) in [6.45, 7) is 14.0. The van der Waals surface area contributed by atoms with Gasteiger partial charge in [0.05, 0.1) is 24.4 Å². The fourth-order valence-corrected chi connectivity index (χ4v) is 12.3. The molecule has 0 aromatic heterocycles. The molecule has 0 aromatic carbocycles. The predicted molar refractivity (Wildman–Crippen MR) is 120 cm³/mol. The first-order chi connectivity index (χ1) is 14.0. The van der Waals surface area contributed by atoms with Gasteiger partial charge in [0.1, 0.15) is 11.2 Å². The van der Waals surface area contributed by atoms with Crippen molar-refractivity contribution in [2.24, 2.45) is 0 Å². The number of thiocarbonyl (C=S) groups is 1. The third kappa shape index (κ3) is 3.90. The summed E-state index contributed by atoms with van der Waals surface area (Å²) in [5.74, 6) is 0. The van der Waals surface area contributed by atoms with Crippen LogP contribution in [-0.2, 0) is 26.6 Å². The second kappa shape index (κ2) is 8.03. The summed E-state index contributed by atoms with van der Waals surface area (Å²) in [5, 5.41) is 7.19. The van der Waals surface area contributed by atoms with Crippen molar-refractivity contribution in [3.63, 3.8) is 0 Å². The van der Waals surface area contributed by atoms with E-state index < -0.39 is 17.6 Å². The highest BCUT2D eigenvalue weighted by Gasteiger charge is 2.68. The highest BCUT2D eigenvalue weighted by Crippen LogP contribution is 2.48. The Hall–Kier alpha value is -0.116. The number of rotatable bonds is 8. The summed E-state index contributed by atoms with van der Waals surface area (Å²) in [4.78, 5) is 0. The Morgan fingerprint density at radius 2 is 1.07 bits per heavy atom. The van der Waals surface area contributed by atoms with E-state index in [4.69, 9.17) is 38.8 Å². The van der Waals surface area contributed by atoms with E-state index in [1.807, 2.05) is 0 Å². The molecule has 4 rings (SSSR count). The molecule has 0 aliphatic carbocycles. The topological polar surface area (TPSA) is 79.4 Å². The lowest BCUT2D eigenvalue weighted by atomic mass is 9.95. The van der Waals surface area contributed by atoms with E-state index in [1.165, 1.54) is 0 Å². The highest BCUT2D eigenvalue weighted by molar-refractivity contribution is 7.80. The smallest absolute Gasteiger partial charge is 0.368 e. The summed E-state index contributed by atoms with van der Waals surface area (Å²) in [6.07, 6.45) is 2.14. The van der Waals surface area contributed by atoms with Crippen molar-refractivity contribution in [1.82, 2.24) is 10.6 Å². The molecule has 11 heteroatoms. The van der Waals surface area contributed by atoms with Gasteiger partial charge in [-0.1, -0.05) is 0 Å². The Balaban J connectivity index is 1.10. The van der Waals surface area contributed by atoms with Gasteiger partial charge in [-0.2, -0.15) is 0 Å². The van der Waals surface area contributed by atoms with Gasteiger partial charge in [-0.15, -0.1) is 0 Å². The summed E-state index contributed by atoms with van der Waals surface area (Å²) in [5.41, 5.74) is -0.607. The van der Waals surface area contributed by atoms with Crippen LogP contribution < -0.4 is 10.6 Å². The molecule has 4 bridgehead atoms. The molecule has 0 spiro atoms. The molecule has 0 amide bonds. The lowest BCUT2D eigenvalue weighted by Crippen LogP contribution is -2.48. The van der Waals surface area contributed by atoms with Crippen LogP contribution in [0.3, 0.4) is 0 Å². The first-order valence-electron chi connectivity index (χ1n) is 11.2. The zero-order chi connectivity index (χ0) is 21.8. The van der Waals surface area contributed by atoms with Gasteiger partial charge in [-0.25, -0.2) is 0 Å². The molecule has 4 saturated heterocycles. The van der Waals surface area contributed by atoms with E-state index in [2.05, 4.69) is 52.2 Å². The largest absolute Gasteiger partial charge is 0.502 e. The molecule has 4 atom stereocenters. The van der Waals surface area contributed by atoms with E-state index in [0.29, 0.717) is 5.11 Å². The lowest BCUT2D eigenvalue weighted by Gasteiger charge is -2.32. The van der Waals surface area contributed by atoms with Gasteiger partial charge in [-0.3, -0.25) is 0 Å². The first kappa shape index (κ1) is 23.1. The molecule has 4 unspecified atom stereocenters. The maximum Gasteiger partial charge on any atom is 0.502 e. The molecule has 172 valence electrons. The molecule has 0 aromatic rings. The molecule has 4 heterocycles. The van der Waals surface area contributed by atoms with Gasteiger partial charge in [0.2, 0.25) is 0 Å². The Morgan fingerprint density at radius 3 is 1.37 bits per heavy atom. The van der Waals surface area contributed by atoms with Crippen molar-refractivity contribution in [2.45, 2.75) is 102 Å². The molecule has 8 nitrogen and oxygen atoms in total. The van der Waals surface area contributed by atoms with Crippen LogP contribution >= 0.6 is 12.2 Å². The van der Waals surface area contributed by atoms with Crippen molar-refractivity contribution in [2.75, 3.05) is 13.1 Å². The Morgan fingerprint density at radius 1 is 0.733 bits per heavy atom. The van der Waals surface area contributed by atoms with Crippen molar-refractivity contribution in [3.8, 4) is 0 Å². The standard InChI is InChI=1S/C19H36N2O6SSi2/c1-13-18(5)14(2)23-29(22-13,26-18)11-7-9-20-17(28)21-10-8-12-30-24-15(3)19(6,27-30)16(4)25-30/h13-16H,7-12H2,1-6H3,(H2,20,21,28). The van der Waals surface area contributed by atoms with Crippen LogP contribution in [0.1, 0.15) is 54.4 Å². The minimum atomic E-state index is -2.52. The fraction of sp³-hybridized carbons (Fsp3) is 0.947. The highest BCUT2D eigenvalue weighted by atomic mass is 32.1. The van der Waals surface area contributed by atoms with Crippen LogP contribution in [0.4, 0.5) is 0 Å². The fourth-order valence-electron chi connectivity index (χ4n) is 4.77. The predicted octanol–water partition coefficient (Wildman–Crippen LogP) is 2.33. The monoisotopic (exact) mass is 476 g/mol. The van der Waals surface area contributed by atoms with Crippen LogP contribution in [0.15, 0.2) is 0 Å². The van der Waals surface area contributed by atoms with Gasteiger partial charge in [-0.05, 0) is 66.6 Å². The number of fused-ring (bicyclic) bond motifs is 4. The second-order valence-corrected chi connectivity index (χ2v) is 14.9. The Bertz CT molecular complexity index is 607. The molecule has 2 N–H and O–H groups in total. The van der Waals surface area contributed by atoms with Crippen molar-refractivity contribution in [1.29, 1.82) is 0 Å². The van der Waals surface area contributed by atoms with Gasteiger partial charge in [0.25, 0.3) is 0 Å². The summed E-state index contributed by atoms with van der Waals surface area (Å²) >= 11 is 5.40. The number of nitrogens with one attached hydrogen (secondary N) is 2. The van der Waals surface area contributed by atoms with Crippen molar-refractivity contribution in [3.05, 3.63) is 0 Å². The van der Waals surface area contributed by atoms with Crippen LogP contribution in [0.25, 0.3) is 0 Å². The van der Waals surface area contributed by atoms with E-state index >= 15 is 0 Å². The average Bonchev–Trinajstić information content (AvgIpc) is 3.26. The van der Waals surface area contributed by atoms with E-state index in [0.717, 1.165) is 38.0 Å². The van der Waals surface area contributed by atoms with E-state index in [9.17, 15) is 0 Å². The number of hydrogen-bond acceptors (Lipinski definition) is 7. The molecular formula is C19H36N2O6SSi2. The van der Waals surface area contributed by atoms with Crippen LogP contribution in [-0.4, -0.2) is 71.4 Å². The second-order valence-electron chi connectivity index (χ2n) is 9.37. The third-order valence-corrected chi connectivity index (χ3v) is 13.9. The average molecular weight is 477 g/mol. The molecule has 4 aliphatic heterocycles. The zero-order valence-electron chi connectivity index (χ0n) is 18.9. The third-order valence-electron chi connectivity index (χ3n) is 7.30. The van der Waals surface area contributed by atoms with Crippen molar-refractivity contribution < 1.29 is 26.6 Å². The first-order valence-corrected chi connectivity index (χ1v) is 15.4. The molecule has 0 radical (unpaired) electrons. The molecule has 0 saturated carbocycles. The molecular weight excluding hydrogens is 440 g/mol. The van der Waals surface area contributed by atoms with Gasteiger partial charge < -0.3 is 37.2 Å². The van der Waals surface area contributed by atoms with Crippen LogP contribution in [0.5, 0.6) is 0 Å². The summed E-state index contributed by atoms with van der Waals surface area (Å²) < 4.78 is 36.8. The quantitative estimate of drug-likeness (QED) is 0.312. The maximum absolute atomic E-state index is 6.24. The van der Waals surface area contributed by atoms with Gasteiger partial charge in [0.15, 0.2) is 5.11 Å². The summed E-state index contributed by atoms with van der Waals surface area (Å²) in [6, 6.07) is 1.62. The molecule has 30 heavy (non-hydrogen) atoms. The SMILES string of the molecule is CC1O[Si]2(CCCNC(=S)NCCC[Si]34OC(C)C(C)(O3)C(C)O4)OC(C)C1(C)O2. The van der Waals surface area contributed by atoms with Gasteiger partial charge in [0, 0.05) is 25.2 Å². The lowest BCUT2D eigenvalue weighted by molar-refractivity contribution is -0.0208. The van der Waals surface area contributed by atoms with E-state index in [1.54, 1.807) is 0 Å². The normalized spacial score (nSPS) is 49.0. The van der Waals surface area contributed by atoms with E-state index in [-0.39, 0.29) is 35.6 Å². The molecule has 4 aliphatic rings. The number of hydrogen-bond donors (Lipinski definition) is 2. The molecule has 4 fully saturated rings. The Kier molecular flexibility index (Phi) is 6.17. The zero-order valence-corrected chi connectivity index (χ0v) is 21.7. The maximum atomic E-state index is 6.24. The van der Waals surface area contributed by atoms with Crippen LogP contribution in [0.2, 0.25) is 12.1 Å². The minimum Gasteiger partial charge on any atom is -0.368 e. The summed E-state index contributed by atoms with van der Waals surface area (Å²) in [7, 11) is -5.03. The minimum absolute atomic E-state index is 0.0900.